The van der Waals surface area contributed by atoms with Gasteiger partial charge in [0.05, 0.1) is 5.56 Å². The van der Waals surface area contributed by atoms with Crippen molar-refractivity contribution in [3.63, 3.8) is 0 Å². The van der Waals surface area contributed by atoms with E-state index in [0.717, 1.165) is 6.42 Å². The second-order valence-electron chi connectivity index (χ2n) is 6.45. The van der Waals surface area contributed by atoms with Gasteiger partial charge in [0.15, 0.2) is 0 Å². The zero-order valence-corrected chi connectivity index (χ0v) is 13.5. The maximum atomic E-state index is 12.9. The Bertz CT molecular complexity index is 629. The number of amides is 1. The van der Waals surface area contributed by atoms with Crippen LogP contribution in [0.1, 0.15) is 36.7 Å². The largest absolute Gasteiger partial charge is 0.398 e. The molecule has 0 fully saturated rings. The summed E-state index contributed by atoms with van der Waals surface area (Å²) in [4.78, 5) is 14.8. The number of carbonyl (C=O) groups excluding carboxylic acids is 1. The van der Waals surface area contributed by atoms with Gasteiger partial charge in [-0.05, 0) is 44.9 Å². The van der Waals surface area contributed by atoms with Gasteiger partial charge in [-0.15, -0.1) is 0 Å². The Morgan fingerprint density at radius 1 is 1.00 bits per heavy atom. The number of rotatable bonds is 4. The molecule has 0 aliphatic rings. The van der Waals surface area contributed by atoms with E-state index < -0.39 is 0 Å². The van der Waals surface area contributed by atoms with Crippen molar-refractivity contribution >= 4 is 11.6 Å². The van der Waals surface area contributed by atoms with E-state index >= 15 is 0 Å². The van der Waals surface area contributed by atoms with Crippen molar-refractivity contribution in [3.8, 4) is 0 Å². The smallest absolute Gasteiger partial charge is 0.256 e. The average Bonchev–Trinajstić information content (AvgIpc) is 2.47. The van der Waals surface area contributed by atoms with Crippen molar-refractivity contribution in [2.24, 2.45) is 0 Å². The predicted molar refractivity (Wildman–Crippen MR) is 91.8 cm³/mol. The molecule has 116 valence electrons. The predicted octanol–water partition coefficient (Wildman–Crippen LogP) is 3.75. The van der Waals surface area contributed by atoms with Gasteiger partial charge in [-0.1, -0.05) is 42.5 Å². The first-order chi connectivity index (χ1) is 10.4. The second kappa shape index (κ2) is 6.65. The lowest BCUT2D eigenvalue weighted by Gasteiger charge is -2.36. The zero-order chi connectivity index (χ0) is 16.2. The van der Waals surface area contributed by atoms with E-state index in [2.05, 4.69) is 32.9 Å². The number of para-hydroxylation sites is 1. The van der Waals surface area contributed by atoms with Crippen LogP contribution in [0.2, 0.25) is 0 Å². The molecule has 0 aromatic heterocycles. The third kappa shape index (κ3) is 3.88. The minimum absolute atomic E-state index is 0.0125. The molecule has 3 nitrogen and oxygen atoms in total. The molecule has 3 heteroatoms. The van der Waals surface area contributed by atoms with Crippen LogP contribution in [-0.2, 0) is 6.42 Å². The summed E-state index contributed by atoms with van der Waals surface area (Å²) in [6.07, 6.45) is 0.830. The minimum Gasteiger partial charge on any atom is -0.398 e. The molecule has 1 amide bonds. The van der Waals surface area contributed by atoms with Crippen LogP contribution >= 0.6 is 0 Å². The van der Waals surface area contributed by atoms with Crippen LogP contribution in [0, 0.1) is 0 Å². The molecule has 0 saturated carbocycles. The standard InChI is InChI=1S/C19H24N2O/c1-19(2,3)21(14-13-15-9-5-4-6-10-15)18(22)16-11-7-8-12-17(16)20/h4-12H,13-14,20H2,1-3H3. The van der Waals surface area contributed by atoms with Gasteiger partial charge < -0.3 is 10.6 Å². The molecule has 0 saturated heterocycles. The van der Waals surface area contributed by atoms with Crippen LogP contribution in [-0.4, -0.2) is 22.9 Å². The lowest BCUT2D eigenvalue weighted by atomic mass is 10.0. The van der Waals surface area contributed by atoms with Crippen molar-refractivity contribution in [1.82, 2.24) is 4.90 Å². The van der Waals surface area contributed by atoms with Crippen LogP contribution < -0.4 is 5.73 Å². The van der Waals surface area contributed by atoms with Gasteiger partial charge in [-0.25, -0.2) is 0 Å². The molecule has 2 N–H and O–H groups in total. The zero-order valence-electron chi connectivity index (χ0n) is 13.5. The highest BCUT2D eigenvalue weighted by Gasteiger charge is 2.27. The molecule has 0 heterocycles. The fourth-order valence-electron chi connectivity index (χ4n) is 2.46. The van der Waals surface area contributed by atoms with Gasteiger partial charge in [0.1, 0.15) is 0 Å². The van der Waals surface area contributed by atoms with Crippen LogP contribution in [0.25, 0.3) is 0 Å². The Labute approximate surface area is 132 Å². The van der Waals surface area contributed by atoms with Crippen LogP contribution in [0.15, 0.2) is 54.6 Å². The Hall–Kier alpha value is -2.29. The summed E-state index contributed by atoms with van der Waals surface area (Å²) >= 11 is 0. The lowest BCUT2D eigenvalue weighted by molar-refractivity contribution is 0.0587. The van der Waals surface area contributed by atoms with Crippen LogP contribution in [0.5, 0.6) is 0 Å². The Balaban J connectivity index is 2.20. The van der Waals surface area contributed by atoms with Crippen molar-refractivity contribution in [3.05, 3.63) is 65.7 Å². The third-order valence-corrected chi connectivity index (χ3v) is 3.71. The highest BCUT2D eigenvalue weighted by molar-refractivity contribution is 5.99. The number of hydrogen-bond acceptors (Lipinski definition) is 2. The van der Waals surface area contributed by atoms with Crippen molar-refractivity contribution < 1.29 is 4.79 Å². The Morgan fingerprint density at radius 2 is 1.59 bits per heavy atom. The second-order valence-corrected chi connectivity index (χ2v) is 6.45. The number of benzene rings is 2. The molecule has 0 aliphatic heterocycles. The number of nitrogens with zero attached hydrogens (tertiary/aromatic N) is 1. The first kappa shape index (κ1) is 16.1. The number of nitrogen functional groups attached to an aromatic ring is 1. The van der Waals surface area contributed by atoms with E-state index in [1.54, 1.807) is 12.1 Å². The number of anilines is 1. The first-order valence-electron chi connectivity index (χ1n) is 7.60. The molecule has 2 aromatic rings. The molecule has 2 rings (SSSR count). The van der Waals surface area contributed by atoms with Crippen molar-refractivity contribution in [2.45, 2.75) is 32.7 Å². The molecule has 22 heavy (non-hydrogen) atoms. The van der Waals surface area contributed by atoms with Gasteiger partial charge in [0.2, 0.25) is 0 Å². The fraction of sp³-hybridized carbons (Fsp3) is 0.316. The fourth-order valence-corrected chi connectivity index (χ4v) is 2.46. The normalized spacial score (nSPS) is 11.2. The maximum Gasteiger partial charge on any atom is 0.256 e. The van der Waals surface area contributed by atoms with E-state index in [0.29, 0.717) is 17.8 Å². The molecular weight excluding hydrogens is 272 g/mol. The molecule has 0 atom stereocenters. The minimum atomic E-state index is -0.256. The van der Waals surface area contributed by atoms with Crippen LogP contribution in [0.3, 0.4) is 0 Å². The summed E-state index contributed by atoms with van der Waals surface area (Å²) in [7, 11) is 0. The van der Waals surface area contributed by atoms with Gasteiger partial charge in [0, 0.05) is 17.8 Å². The Morgan fingerprint density at radius 3 is 2.18 bits per heavy atom. The van der Waals surface area contributed by atoms with Crippen LogP contribution in [0.4, 0.5) is 5.69 Å². The highest BCUT2D eigenvalue weighted by Crippen LogP contribution is 2.21. The SMILES string of the molecule is CC(C)(C)N(CCc1ccccc1)C(=O)c1ccccc1N. The van der Waals surface area contributed by atoms with E-state index in [1.807, 2.05) is 35.2 Å². The number of hydrogen-bond donors (Lipinski definition) is 1. The number of nitrogens with two attached hydrogens (primary N) is 1. The van der Waals surface area contributed by atoms with E-state index in [1.165, 1.54) is 5.56 Å². The first-order valence-corrected chi connectivity index (χ1v) is 7.60. The summed E-state index contributed by atoms with van der Waals surface area (Å²) in [5.74, 6) is -0.0125. The quantitative estimate of drug-likeness (QED) is 0.873. The summed E-state index contributed by atoms with van der Waals surface area (Å²) in [5.41, 5.74) is 8.04. The average molecular weight is 296 g/mol. The molecule has 2 aromatic carbocycles. The summed E-state index contributed by atoms with van der Waals surface area (Å²) in [5, 5.41) is 0. The third-order valence-electron chi connectivity index (χ3n) is 3.71. The van der Waals surface area contributed by atoms with Gasteiger partial charge >= 0.3 is 0 Å². The van der Waals surface area contributed by atoms with Crippen molar-refractivity contribution in [1.29, 1.82) is 0 Å². The molecule has 0 bridgehead atoms. The molecule has 0 unspecified atom stereocenters. The highest BCUT2D eigenvalue weighted by atomic mass is 16.2. The topological polar surface area (TPSA) is 46.3 Å². The summed E-state index contributed by atoms with van der Waals surface area (Å²) < 4.78 is 0. The summed E-state index contributed by atoms with van der Waals surface area (Å²) in [6.45, 7) is 6.82. The van der Waals surface area contributed by atoms with E-state index in [-0.39, 0.29) is 11.4 Å². The summed E-state index contributed by atoms with van der Waals surface area (Å²) in [6, 6.07) is 17.5. The lowest BCUT2D eigenvalue weighted by Crippen LogP contribution is -2.46. The molecular formula is C19H24N2O. The van der Waals surface area contributed by atoms with Gasteiger partial charge in [-0.2, -0.15) is 0 Å². The maximum absolute atomic E-state index is 12.9. The molecule has 0 spiro atoms. The molecule has 0 radical (unpaired) electrons. The Kier molecular flexibility index (Phi) is 4.86. The van der Waals surface area contributed by atoms with Crippen molar-refractivity contribution in [2.75, 3.05) is 12.3 Å². The van der Waals surface area contributed by atoms with E-state index in [9.17, 15) is 4.79 Å². The molecule has 0 aliphatic carbocycles. The monoisotopic (exact) mass is 296 g/mol. The van der Waals surface area contributed by atoms with Gasteiger partial charge in [0.25, 0.3) is 5.91 Å². The number of carbonyl (C=O) groups is 1. The van der Waals surface area contributed by atoms with Gasteiger partial charge in [-0.3, -0.25) is 4.79 Å². The van der Waals surface area contributed by atoms with E-state index in [4.69, 9.17) is 5.73 Å².